The van der Waals surface area contributed by atoms with E-state index in [2.05, 4.69) is 0 Å². The number of para-hydroxylation sites is 2. The van der Waals surface area contributed by atoms with Gasteiger partial charge in [0.05, 0.1) is 12.0 Å². The first-order chi connectivity index (χ1) is 10.5. The van der Waals surface area contributed by atoms with Gasteiger partial charge in [-0.3, -0.25) is 14.9 Å². The molecule has 0 aliphatic rings. The first-order valence-electron chi connectivity index (χ1n) is 6.61. The van der Waals surface area contributed by atoms with Crippen molar-refractivity contribution in [2.75, 3.05) is 7.11 Å². The van der Waals surface area contributed by atoms with E-state index in [9.17, 15) is 14.9 Å². The van der Waals surface area contributed by atoms with Crippen molar-refractivity contribution in [3.05, 3.63) is 64.2 Å². The Kier molecular flexibility index (Phi) is 4.73. The van der Waals surface area contributed by atoms with Gasteiger partial charge in [0.2, 0.25) is 5.78 Å². The number of nitro groups is 1. The molecule has 1 atom stereocenters. The zero-order chi connectivity index (χ0) is 16.1. The molecule has 0 saturated heterocycles. The minimum atomic E-state index is -0.838. The molecule has 0 unspecified atom stereocenters. The third-order valence-corrected chi connectivity index (χ3v) is 3.11. The Balaban J connectivity index is 2.16. The number of hydrogen-bond donors (Lipinski definition) is 0. The summed E-state index contributed by atoms with van der Waals surface area (Å²) in [6.07, 6.45) is -0.838. The highest BCUT2D eigenvalue weighted by molar-refractivity contribution is 5.99. The normalized spacial score (nSPS) is 11.5. The number of carbonyl (C=O) groups is 1. The van der Waals surface area contributed by atoms with Crippen LogP contribution in [0.4, 0.5) is 5.69 Å². The summed E-state index contributed by atoms with van der Waals surface area (Å²) in [4.78, 5) is 22.7. The highest BCUT2D eigenvalue weighted by atomic mass is 16.6. The first-order valence-corrected chi connectivity index (χ1v) is 6.61. The van der Waals surface area contributed by atoms with Crippen molar-refractivity contribution in [1.82, 2.24) is 0 Å². The molecule has 114 valence electrons. The van der Waals surface area contributed by atoms with E-state index < -0.39 is 11.0 Å². The van der Waals surface area contributed by atoms with Crippen LogP contribution in [0, 0.1) is 10.1 Å². The second-order valence-corrected chi connectivity index (χ2v) is 4.58. The minimum Gasteiger partial charge on any atom is -0.497 e. The molecule has 6 nitrogen and oxygen atoms in total. The molecular weight excluding hydrogens is 286 g/mol. The third kappa shape index (κ3) is 3.41. The minimum absolute atomic E-state index is 0.0712. The predicted molar refractivity (Wildman–Crippen MR) is 80.5 cm³/mol. The van der Waals surface area contributed by atoms with E-state index >= 15 is 0 Å². The maximum absolute atomic E-state index is 12.3. The summed E-state index contributed by atoms with van der Waals surface area (Å²) in [7, 11) is 1.54. The number of methoxy groups -OCH3 is 1. The van der Waals surface area contributed by atoms with Crippen LogP contribution in [0.5, 0.6) is 11.5 Å². The van der Waals surface area contributed by atoms with Crippen LogP contribution in [0.15, 0.2) is 48.5 Å². The lowest BCUT2D eigenvalue weighted by Gasteiger charge is -2.14. The van der Waals surface area contributed by atoms with Crippen molar-refractivity contribution in [3.8, 4) is 11.5 Å². The highest BCUT2D eigenvalue weighted by Crippen LogP contribution is 2.27. The van der Waals surface area contributed by atoms with E-state index in [1.807, 2.05) is 0 Å². The van der Waals surface area contributed by atoms with Crippen LogP contribution < -0.4 is 9.47 Å². The summed E-state index contributed by atoms with van der Waals surface area (Å²) in [6, 6.07) is 12.6. The fourth-order valence-corrected chi connectivity index (χ4v) is 1.94. The summed E-state index contributed by atoms with van der Waals surface area (Å²) < 4.78 is 10.5. The molecule has 0 aliphatic heterocycles. The number of nitro benzene ring substituents is 1. The number of carbonyl (C=O) groups excluding carboxylic acids is 1. The molecule has 0 spiro atoms. The van der Waals surface area contributed by atoms with Gasteiger partial charge in [-0.2, -0.15) is 0 Å². The van der Waals surface area contributed by atoms with Gasteiger partial charge < -0.3 is 9.47 Å². The molecule has 22 heavy (non-hydrogen) atoms. The molecular formula is C16H15NO5. The quantitative estimate of drug-likeness (QED) is 0.465. The SMILES string of the molecule is COc1ccc(C(=O)[C@@H](C)Oc2ccccc2[N+](=O)[O-])cc1. The maximum atomic E-state index is 12.3. The Morgan fingerprint density at radius 2 is 1.77 bits per heavy atom. The fourth-order valence-electron chi connectivity index (χ4n) is 1.94. The largest absolute Gasteiger partial charge is 0.497 e. The monoisotopic (exact) mass is 301 g/mol. The fraction of sp³-hybridized carbons (Fsp3) is 0.188. The lowest BCUT2D eigenvalue weighted by Crippen LogP contribution is -2.24. The van der Waals surface area contributed by atoms with Crippen molar-refractivity contribution in [2.45, 2.75) is 13.0 Å². The average Bonchev–Trinajstić information content (AvgIpc) is 2.54. The smallest absolute Gasteiger partial charge is 0.310 e. The topological polar surface area (TPSA) is 78.7 Å². The number of Topliss-reactive ketones (excluding diaryl/α,β-unsaturated/α-hetero) is 1. The lowest BCUT2D eigenvalue weighted by molar-refractivity contribution is -0.386. The highest BCUT2D eigenvalue weighted by Gasteiger charge is 2.21. The van der Waals surface area contributed by atoms with Crippen LogP contribution in [-0.4, -0.2) is 23.9 Å². The lowest BCUT2D eigenvalue weighted by atomic mass is 10.1. The van der Waals surface area contributed by atoms with E-state index in [4.69, 9.17) is 9.47 Å². The number of benzene rings is 2. The zero-order valence-corrected chi connectivity index (χ0v) is 12.2. The second kappa shape index (κ2) is 6.71. The van der Waals surface area contributed by atoms with Gasteiger partial charge in [0.1, 0.15) is 5.75 Å². The number of rotatable bonds is 6. The standard InChI is InChI=1S/C16H15NO5/c1-11(16(18)12-7-9-13(21-2)10-8-12)22-15-6-4-3-5-14(15)17(19)20/h3-11H,1-2H3/t11-/m1/s1. The maximum Gasteiger partial charge on any atom is 0.310 e. The van der Waals surface area contributed by atoms with E-state index in [0.29, 0.717) is 11.3 Å². The van der Waals surface area contributed by atoms with Crippen molar-refractivity contribution >= 4 is 11.5 Å². The van der Waals surface area contributed by atoms with Crippen molar-refractivity contribution in [1.29, 1.82) is 0 Å². The van der Waals surface area contributed by atoms with Crippen molar-refractivity contribution < 1.29 is 19.2 Å². The van der Waals surface area contributed by atoms with Gasteiger partial charge in [-0.15, -0.1) is 0 Å². The van der Waals surface area contributed by atoms with Crippen LogP contribution in [0.3, 0.4) is 0 Å². The van der Waals surface area contributed by atoms with E-state index in [0.717, 1.165) is 0 Å². The van der Waals surface area contributed by atoms with Gasteiger partial charge in [0, 0.05) is 11.6 Å². The zero-order valence-electron chi connectivity index (χ0n) is 12.2. The molecule has 0 fully saturated rings. The van der Waals surface area contributed by atoms with E-state index in [-0.39, 0.29) is 17.2 Å². The molecule has 2 rings (SSSR count). The Morgan fingerprint density at radius 3 is 2.36 bits per heavy atom. The van der Waals surface area contributed by atoms with Gasteiger partial charge in [-0.1, -0.05) is 12.1 Å². The summed E-state index contributed by atoms with van der Waals surface area (Å²) in [6.45, 7) is 1.56. The van der Waals surface area contributed by atoms with Gasteiger partial charge in [0.15, 0.2) is 11.9 Å². The first kappa shape index (κ1) is 15.5. The van der Waals surface area contributed by atoms with Crippen LogP contribution in [0.25, 0.3) is 0 Å². The molecule has 0 N–H and O–H groups in total. The Hall–Kier alpha value is -2.89. The molecule has 2 aromatic carbocycles. The second-order valence-electron chi connectivity index (χ2n) is 4.58. The molecule has 0 amide bonds. The summed E-state index contributed by atoms with van der Waals surface area (Å²) >= 11 is 0. The van der Waals surface area contributed by atoms with Crippen molar-refractivity contribution in [3.63, 3.8) is 0 Å². The molecule has 0 aliphatic carbocycles. The summed E-state index contributed by atoms with van der Waals surface area (Å²) in [5, 5.41) is 10.9. The molecule has 0 aromatic heterocycles. The van der Waals surface area contributed by atoms with Gasteiger partial charge in [-0.05, 0) is 37.3 Å². The number of hydrogen-bond acceptors (Lipinski definition) is 5. The molecule has 2 aromatic rings. The van der Waals surface area contributed by atoms with E-state index in [1.54, 1.807) is 43.3 Å². The van der Waals surface area contributed by atoms with Crippen LogP contribution >= 0.6 is 0 Å². The Bertz CT molecular complexity index is 681. The van der Waals surface area contributed by atoms with Crippen LogP contribution in [0.1, 0.15) is 17.3 Å². The van der Waals surface area contributed by atoms with E-state index in [1.165, 1.54) is 19.2 Å². The predicted octanol–water partition coefficient (Wildman–Crippen LogP) is 3.25. The summed E-state index contributed by atoms with van der Waals surface area (Å²) in [5.41, 5.74) is 0.281. The van der Waals surface area contributed by atoms with Gasteiger partial charge in [0.25, 0.3) is 0 Å². The molecule has 0 radical (unpaired) electrons. The summed E-state index contributed by atoms with van der Waals surface area (Å²) in [5.74, 6) is 0.450. The average molecular weight is 301 g/mol. The van der Waals surface area contributed by atoms with Crippen molar-refractivity contribution in [2.24, 2.45) is 0 Å². The Morgan fingerprint density at radius 1 is 1.14 bits per heavy atom. The Labute approximate surface area is 127 Å². The molecule has 0 saturated carbocycles. The number of nitrogens with zero attached hydrogens (tertiary/aromatic N) is 1. The van der Waals surface area contributed by atoms with Gasteiger partial charge in [-0.25, -0.2) is 0 Å². The molecule has 0 bridgehead atoms. The van der Waals surface area contributed by atoms with Gasteiger partial charge >= 0.3 is 5.69 Å². The molecule has 0 heterocycles. The molecule has 6 heteroatoms. The van der Waals surface area contributed by atoms with Crippen LogP contribution in [0.2, 0.25) is 0 Å². The third-order valence-electron chi connectivity index (χ3n) is 3.11. The van der Waals surface area contributed by atoms with Crippen LogP contribution in [-0.2, 0) is 0 Å². The number of ether oxygens (including phenoxy) is 2. The number of ketones is 1.